The smallest absolute Gasteiger partial charge is 0.213 e. The van der Waals surface area contributed by atoms with Crippen LogP contribution in [-0.4, -0.2) is 57.8 Å². The molecular weight excluding hydrogens is 238 g/mol. The minimum Gasteiger partial charge on any atom is -0.314 e. The lowest BCUT2D eigenvalue weighted by Gasteiger charge is -2.27. The first-order chi connectivity index (χ1) is 8.07. The Kier molecular flexibility index (Phi) is 5.92. The van der Waals surface area contributed by atoms with E-state index in [1.807, 2.05) is 6.92 Å². The molecule has 0 aromatic heterocycles. The van der Waals surface area contributed by atoms with Gasteiger partial charge in [-0.3, -0.25) is 4.90 Å². The van der Waals surface area contributed by atoms with Crippen LogP contribution in [0.5, 0.6) is 0 Å². The van der Waals surface area contributed by atoms with Crippen LogP contribution in [0.25, 0.3) is 0 Å². The van der Waals surface area contributed by atoms with Crippen LogP contribution in [-0.2, 0) is 10.0 Å². The summed E-state index contributed by atoms with van der Waals surface area (Å²) in [7, 11) is -3.26. The Bertz CT molecular complexity index is 355. The van der Waals surface area contributed by atoms with Gasteiger partial charge in [0, 0.05) is 32.7 Å². The van der Waals surface area contributed by atoms with E-state index in [0.29, 0.717) is 13.0 Å². The molecule has 1 unspecified atom stereocenters. The van der Waals surface area contributed by atoms with Gasteiger partial charge in [0.1, 0.15) is 0 Å². The zero-order valence-electron chi connectivity index (χ0n) is 10.3. The normalized spacial score (nSPS) is 19.8. The molecule has 0 amide bonds. The van der Waals surface area contributed by atoms with Crippen molar-refractivity contribution in [2.75, 3.05) is 38.5 Å². The summed E-state index contributed by atoms with van der Waals surface area (Å²) in [5, 5.41) is 3.23. The average molecular weight is 259 g/mol. The summed E-state index contributed by atoms with van der Waals surface area (Å²) >= 11 is 0. The Labute approximate surface area is 104 Å². The van der Waals surface area contributed by atoms with E-state index in [0.717, 1.165) is 26.2 Å². The fourth-order valence-corrected chi connectivity index (χ4v) is 2.98. The number of hydrogen-bond acceptors (Lipinski definition) is 4. The SMILES string of the molecule is C#CC(CC)NS(=O)(=O)CCN1CCNCC1. The number of nitrogens with one attached hydrogen (secondary N) is 2. The minimum absolute atomic E-state index is 0.116. The molecule has 0 aliphatic carbocycles. The summed E-state index contributed by atoms with van der Waals surface area (Å²) in [6, 6.07) is -0.386. The van der Waals surface area contributed by atoms with Gasteiger partial charge >= 0.3 is 0 Å². The number of hydrogen-bond donors (Lipinski definition) is 2. The molecule has 5 nitrogen and oxygen atoms in total. The van der Waals surface area contributed by atoms with Crippen molar-refractivity contribution in [1.82, 2.24) is 14.9 Å². The number of terminal acetylenes is 1. The molecule has 0 aromatic rings. The fraction of sp³-hybridized carbons (Fsp3) is 0.818. The van der Waals surface area contributed by atoms with E-state index in [1.165, 1.54) is 0 Å². The second-order valence-electron chi connectivity index (χ2n) is 4.16. The van der Waals surface area contributed by atoms with Gasteiger partial charge in [0.2, 0.25) is 10.0 Å². The number of piperazine rings is 1. The summed E-state index contributed by atoms with van der Waals surface area (Å²) < 4.78 is 26.0. The van der Waals surface area contributed by atoms with Gasteiger partial charge in [-0.2, -0.15) is 0 Å². The van der Waals surface area contributed by atoms with Crippen LogP contribution >= 0.6 is 0 Å². The number of nitrogens with zero attached hydrogens (tertiary/aromatic N) is 1. The van der Waals surface area contributed by atoms with Gasteiger partial charge in [-0.25, -0.2) is 13.1 Å². The highest BCUT2D eigenvalue weighted by molar-refractivity contribution is 7.89. The highest BCUT2D eigenvalue weighted by Crippen LogP contribution is 1.97. The van der Waals surface area contributed by atoms with E-state index < -0.39 is 10.0 Å². The summed E-state index contributed by atoms with van der Waals surface area (Å²) in [4.78, 5) is 2.15. The quantitative estimate of drug-likeness (QED) is 0.615. The van der Waals surface area contributed by atoms with Crippen LogP contribution in [0.15, 0.2) is 0 Å². The van der Waals surface area contributed by atoms with Gasteiger partial charge in [-0.1, -0.05) is 12.8 Å². The van der Waals surface area contributed by atoms with Crippen molar-refractivity contribution >= 4 is 10.0 Å². The molecule has 1 saturated heterocycles. The van der Waals surface area contributed by atoms with Crippen LogP contribution in [0.1, 0.15) is 13.3 Å². The first-order valence-electron chi connectivity index (χ1n) is 5.96. The molecule has 1 aliphatic rings. The Morgan fingerprint density at radius 2 is 2.12 bits per heavy atom. The van der Waals surface area contributed by atoms with Crippen molar-refractivity contribution in [2.45, 2.75) is 19.4 Å². The lowest BCUT2D eigenvalue weighted by atomic mass is 10.3. The molecule has 0 spiro atoms. The molecule has 2 N–H and O–H groups in total. The lowest BCUT2D eigenvalue weighted by molar-refractivity contribution is 0.253. The van der Waals surface area contributed by atoms with Gasteiger partial charge in [0.05, 0.1) is 11.8 Å². The maximum atomic E-state index is 11.8. The van der Waals surface area contributed by atoms with Crippen LogP contribution in [0.2, 0.25) is 0 Å². The molecule has 0 saturated carbocycles. The molecule has 6 heteroatoms. The Morgan fingerprint density at radius 1 is 1.47 bits per heavy atom. The van der Waals surface area contributed by atoms with E-state index in [-0.39, 0.29) is 11.8 Å². The summed E-state index contributed by atoms with van der Waals surface area (Å²) in [5.41, 5.74) is 0. The summed E-state index contributed by atoms with van der Waals surface area (Å²) in [6.07, 6.45) is 5.85. The summed E-state index contributed by atoms with van der Waals surface area (Å²) in [6.45, 7) is 6.09. The van der Waals surface area contributed by atoms with Crippen molar-refractivity contribution in [2.24, 2.45) is 0 Å². The lowest BCUT2D eigenvalue weighted by Crippen LogP contribution is -2.46. The second kappa shape index (κ2) is 6.97. The topological polar surface area (TPSA) is 61.4 Å². The average Bonchev–Trinajstić information content (AvgIpc) is 2.35. The zero-order valence-corrected chi connectivity index (χ0v) is 11.1. The van der Waals surface area contributed by atoms with Gasteiger partial charge in [0.25, 0.3) is 0 Å². The Morgan fingerprint density at radius 3 is 2.65 bits per heavy atom. The van der Waals surface area contributed by atoms with Gasteiger partial charge in [0.15, 0.2) is 0 Å². The van der Waals surface area contributed by atoms with E-state index in [1.54, 1.807) is 0 Å². The van der Waals surface area contributed by atoms with Crippen LogP contribution in [0, 0.1) is 12.3 Å². The van der Waals surface area contributed by atoms with E-state index >= 15 is 0 Å². The van der Waals surface area contributed by atoms with E-state index in [2.05, 4.69) is 20.9 Å². The second-order valence-corrected chi connectivity index (χ2v) is 6.03. The third-order valence-corrected chi connectivity index (χ3v) is 4.18. The summed E-state index contributed by atoms with van der Waals surface area (Å²) in [5.74, 6) is 2.55. The number of rotatable bonds is 6. The molecule has 1 heterocycles. The number of sulfonamides is 1. The van der Waals surface area contributed by atoms with Gasteiger partial charge in [-0.05, 0) is 6.42 Å². The molecule has 0 bridgehead atoms. The molecule has 1 fully saturated rings. The van der Waals surface area contributed by atoms with Crippen LogP contribution in [0.4, 0.5) is 0 Å². The first-order valence-corrected chi connectivity index (χ1v) is 7.62. The molecule has 1 rings (SSSR count). The van der Waals surface area contributed by atoms with Crippen molar-refractivity contribution < 1.29 is 8.42 Å². The third kappa shape index (κ3) is 5.50. The largest absolute Gasteiger partial charge is 0.314 e. The van der Waals surface area contributed by atoms with Crippen molar-refractivity contribution in [1.29, 1.82) is 0 Å². The minimum atomic E-state index is -3.26. The molecule has 1 aliphatic heterocycles. The maximum Gasteiger partial charge on any atom is 0.213 e. The molecule has 0 aromatic carbocycles. The van der Waals surface area contributed by atoms with Crippen molar-refractivity contribution in [3.8, 4) is 12.3 Å². The molecule has 98 valence electrons. The third-order valence-electron chi connectivity index (χ3n) is 2.82. The van der Waals surface area contributed by atoms with E-state index in [4.69, 9.17) is 6.42 Å². The highest BCUT2D eigenvalue weighted by atomic mass is 32.2. The first kappa shape index (κ1) is 14.5. The molecule has 1 atom stereocenters. The zero-order chi connectivity index (χ0) is 12.7. The van der Waals surface area contributed by atoms with Gasteiger partial charge in [-0.15, -0.1) is 6.42 Å². The Balaban J connectivity index is 2.36. The molecular formula is C11H21N3O2S. The fourth-order valence-electron chi connectivity index (χ4n) is 1.69. The van der Waals surface area contributed by atoms with Crippen LogP contribution < -0.4 is 10.0 Å². The highest BCUT2D eigenvalue weighted by Gasteiger charge is 2.17. The molecule has 0 radical (unpaired) electrons. The van der Waals surface area contributed by atoms with Crippen molar-refractivity contribution in [3.05, 3.63) is 0 Å². The van der Waals surface area contributed by atoms with E-state index in [9.17, 15) is 8.42 Å². The molecule has 17 heavy (non-hydrogen) atoms. The standard InChI is InChI=1S/C11H21N3O2S/c1-3-11(4-2)13-17(15,16)10-9-14-7-5-12-6-8-14/h1,11-13H,4-10H2,2H3. The van der Waals surface area contributed by atoms with Crippen LogP contribution in [0.3, 0.4) is 0 Å². The Hall–Kier alpha value is -0.610. The monoisotopic (exact) mass is 259 g/mol. The predicted molar refractivity (Wildman–Crippen MR) is 69.1 cm³/mol. The van der Waals surface area contributed by atoms with Crippen molar-refractivity contribution in [3.63, 3.8) is 0 Å². The van der Waals surface area contributed by atoms with Gasteiger partial charge < -0.3 is 5.32 Å². The predicted octanol–water partition coefficient (Wildman–Crippen LogP) is -0.777. The maximum absolute atomic E-state index is 11.8.